The van der Waals surface area contributed by atoms with Crippen LogP contribution in [0.2, 0.25) is 0 Å². The summed E-state index contributed by atoms with van der Waals surface area (Å²) in [6.45, 7) is 6.75. The van der Waals surface area contributed by atoms with E-state index in [9.17, 15) is 4.79 Å². The maximum Gasteiger partial charge on any atom is 0.222 e. The molecular formula is C18H31ClN2O2. The Morgan fingerprint density at radius 1 is 1.22 bits per heavy atom. The van der Waals surface area contributed by atoms with Crippen molar-refractivity contribution in [3.8, 4) is 0 Å². The van der Waals surface area contributed by atoms with Crippen molar-refractivity contribution in [2.24, 2.45) is 11.1 Å². The first-order chi connectivity index (χ1) is 10.4. The van der Waals surface area contributed by atoms with Gasteiger partial charge in [0.2, 0.25) is 5.91 Å². The maximum absolute atomic E-state index is 12.0. The Kier molecular flexibility index (Phi) is 10.9. The van der Waals surface area contributed by atoms with Crippen molar-refractivity contribution in [1.29, 1.82) is 0 Å². The quantitative estimate of drug-likeness (QED) is 0.665. The van der Waals surface area contributed by atoms with Gasteiger partial charge in [-0.1, -0.05) is 44.2 Å². The molecule has 0 unspecified atom stereocenters. The lowest BCUT2D eigenvalue weighted by atomic mass is 9.93. The van der Waals surface area contributed by atoms with E-state index in [1.165, 1.54) is 5.56 Å². The van der Waals surface area contributed by atoms with Crippen molar-refractivity contribution in [2.45, 2.75) is 33.1 Å². The fraction of sp³-hybridized carbons (Fsp3) is 0.611. The third kappa shape index (κ3) is 9.59. The minimum Gasteiger partial charge on any atom is -0.381 e. The fourth-order valence-electron chi connectivity index (χ4n) is 2.25. The Labute approximate surface area is 146 Å². The van der Waals surface area contributed by atoms with Crippen LogP contribution in [-0.2, 0) is 16.0 Å². The molecule has 2 N–H and O–H groups in total. The molecule has 23 heavy (non-hydrogen) atoms. The van der Waals surface area contributed by atoms with Crippen LogP contribution < -0.4 is 5.73 Å². The Balaban J connectivity index is 0.00000484. The number of hydrogen-bond acceptors (Lipinski definition) is 3. The van der Waals surface area contributed by atoms with Crippen molar-refractivity contribution >= 4 is 18.3 Å². The average molecular weight is 343 g/mol. The number of carbonyl (C=O) groups is 1. The SMILES string of the molecule is CN(CC(C)(C)CN)C(=O)CCCOCCc1ccccc1.Cl. The molecule has 0 aromatic heterocycles. The van der Waals surface area contributed by atoms with Gasteiger partial charge in [-0.3, -0.25) is 4.79 Å². The number of carbonyl (C=O) groups excluding carboxylic acids is 1. The van der Waals surface area contributed by atoms with Crippen LogP contribution in [-0.4, -0.2) is 44.2 Å². The molecule has 0 heterocycles. The number of benzene rings is 1. The van der Waals surface area contributed by atoms with Crippen LogP contribution in [0.4, 0.5) is 0 Å². The number of nitrogens with zero attached hydrogens (tertiary/aromatic N) is 1. The van der Waals surface area contributed by atoms with Gasteiger partial charge in [0.05, 0.1) is 6.61 Å². The molecule has 1 aromatic carbocycles. The molecule has 1 amide bonds. The summed E-state index contributed by atoms with van der Waals surface area (Å²) >= 11 is 0. The Morgan fingerprint density at radius 3 is 2.48 bits per heavy atom. The molecule has 0 fully saturated rings. The predicted molar refractivity (Wildman–Crippen MR) is 97.9 cm³/mol. The average Bonchev–Trinajstić information content (AvgIpc) is 2.51. The minimum atomic E-state index is -0.0312. The lowest BCUT2D eigenvalue weighted by molar-refractivity contribution is -0.131. The van der Waals surface area contributed by atoms with Gasteiger partial charge in [0, 0.05) is 26.6 Å². The Morgan fingerprint density at radius 2 is 1.87 bits per heavy atom. The summed E-state index contributed by atoms with van der Waals surface area (Å²) in [5.41, 5.74) is 6.95. The number of nitrogens with two attached hydrogens (primary N) is 1. The van der Waals surface area contributed by atoms with E-state index in [0.717, 1.165) is 12.8 Å². The molecule has 0 radical (unpaired) electrons. The summed E-state index contributed by atoms with van der Waals surface area (Å²) < 4.78 is 5.60. The van der Waals surface area contributed by atoms with Crippen LogP contribution >= 0.6 is 12.4 Å². The highest BCUT2D eigenvalue weighted by molar-refractivity contribution is 5.85. The molecule has 0 aliphatic heterocycles. The molecule has 1 rings (SSSR count). The molecule has 0 aliphatic carbocycles. The van der Waals surface area contributed by atoms with Crippen LogP contribution in [0, 0.1) is 5.41 Å². The molecule has 0 bridgehead atoms. The molecule has 0 saturated carbocycles. The van der Waals surface area contributed by atoms with E-state index in [1.807, 2.05) is 25.2 Å². The van der Waals surface area contributed by atoms with Gasteiger partial charge >= 0.3 is 0 Å². The zero-order chi connectivity index (χ0) is 16.4. The van der Waals surface area contributed by atoms with E-state index < -0.39 is 0 Å². The van der Waals surface area contributed by atoms with E-state index in [1.54, 1.807) is 4.90 Å². The standard InChI is InChI=1S/C18H30N2O2.ClH/c1-18(2,14-19)15-20(3)17(21)10-7-12-22-13-11-16-8-5-4-6-9-16;/h4-6,8-9H,7,10-15,19H2,1-3H3;1H. The molecule has 0 atom stereocenters. The first kappa shape index (κ1) is 21.9. The van der Waals surface area contributed by atoms with Crippen molar-refractivity contribution in [1.82, 2.24) is 4.90 Å². The molecule has 0 aliphatic rings. The summed E-state index contributed by atoms with van der Waals surface area (Å²) in [6, 6.07) is 10.3. The molecule has 132 valence electrons. The van der Waals surface area contributed by atoms with Crippen LogP contribution in [0.25, 0.3) is 0 Å². The molecule has 0 spiro atoms. The van der Waals surface area contributed by atoms with Gasteiger partial charge in [0.15, 0.2) is 0 Å². The van der Waals surface area contributed by atoms with E-state index in [2.05, 4.69) is 26.0 Å². The second-order valence-corrected chi connectivity index (χ2v) is 6.57. The number of amides is 1. The predicted octanol–water partition coefficient (Wildman–Crippen LogP) is 2.89. The summed E-state index contributed by atoms with van der Waals surface area (Å²) in [5.74, 6) is 0.160. The number of halogens is 1. The van der Waals surface area contributed by atoms with Gasteiger partial charge in [0.1, 0.15) is 0 Å². The lowest BCUT2D eigenvalue weighted by Gasteiger charge is -2.29. The van der Waals surface area contributed by atoms with Crippen molar-refractivity contribution in [3.63, 3.8) is 0 Å². The molecule has 0 saturated heterocycles. The normalized spacial score (nSPS) is 11.0. The first-order valence-electron chi connectivity index (χ1n) is 8.00. The Bertz CT molecular complexity index is 438. The van der Waals surface area contributed by atoms with Crippen molar-refractivity contribution in [3.05, 3.63) is 35.9 Å². The van der Waals surface area contributed by atoms with Gasteiger partial charge < -0.3 is 15.4 Å². The van der Waals surface area contributed by atoms with Crippen LogP contribution in [0.5, 0.6) is 0 Å². The van der Waals surface area contributed by atoms with E-state index in [-0.39, 0.29) is 23.7 Å². The van der Waals surface area contributed by atoms with E-state index >= 15 is 0 Å². The topological polar surface area (TPSA) is 55.6 Å². The third-order valence-electron chi connectivity index (χ3n) is 3.70. The van der Waals surface area contributed by atoms with Gasteiger partial charge in [-0.2, -0.15) is 0 Å². The van der Waals surface area contributed by atoms with Crippen molar-refractivity contribution in [2.75, 3.05) is 33.4 Å². The second-order valence-electron chi connectivity index (χ2n) is 6.57. The van der Waals surface area contributed by atoms with Gasteiger partial charge in [0.25, 0.3) is 0 Å². The minimum absolute atomic E-state index is 0. The smallest absolute Gasteiger partial charge is 0.222 e. The summed E-state index contributed by atoms with van der Waals surface area (Å²) in [4.78, 5) is 13.8. The maximum atomic E-state index is 12.0. The van der Waals surface area contributed by atoms with Crippen molar-refractivity contribution < 1.29 is 9.53 Å². The third-order valence-corrected chi connectivity index (χ3v) is 3.70. The highest BCUT2D eigenvalue weighted by Crippen LogP contribution is 2.14. The highest BCUT2D eigenvalue weighted by Gasteiger charge is 2.20. The van der Waals surface area contributed by atoms with Crippen LogP contribution in [0.1, 0.15) is 32.3 Å². The van der Waals surface area contributed by atoms with Gasteiger partial charge in [-0.25, -0.2) is 0 Å². The van der Waals surface area contributed by atoms with Gasteiger partial charge in [-0.15, -0.1) is 12.4 Å². The molecule has 4 nitrogen and oxygen atoms in total. The molecule has 5 heteroatoms. The van der Waals surface area contributed by atoms with Gasteiger partial charge in [-0.05, 0) is 30.4 Å². The highest BCUT2D eigenvalue weighted by atomic mass is 35.5. The number of ether oxygens (including phenoxy) is 1. The fourth-order valence-corrected chi connectivity index (χ4v) is 2.25. The zero-order valence-corrected chi connectivity index (χ0v) is 15.4. The first-order valence-corrected chi connectivity index (χ1v) is 8.00. The largest absolute Gasteiger partial charge is 0.381 e. The molecule has 1 aromatic rings. The monoisotopic (exact) mass is 342 g/mol. The summed E-state index contributed by atoms with van der Waals surface area (Å²) in [7, 11) is 1.84. The lowest BCUT2D eigenvalue weighted by Crippen LogP contribution is -2.39. The second kappa shape index (κ2) is 11.4. The van der Waals surface area contributed by atoms with E-state index in [0.29, 0.717) is 32.7 Å². The number of rotatable bonds is 10. The summed E-state index contributed by atoms with van der Waals surface area (Å²) in [5, 5.41) is 0. The summed E-state index contributed by atoms with van der Waals surface area (Å²) in [6.07, 6.45) is 2.21. The molecular weight excluding hydrogens is 312 g/mol. The Hall–Kier alpha value is -1.10. The number of hydrogen-bond donors (Lipinski definition) is 1. The zero-order valence-electron chi connectivity index (χ0n) is 14.6. The van der Waals surface area contributed by atoms with Crippen LogP contribution in [0.3, 0.4) is 0 Å². The van der Waals surface area contributed by atoms with E-state index in [4.69, 9.17) is 10.5 Å². The van der Waals surface area contributed by atoms with Crippen LogP contribution in [0.15, 0.2) is 30.3 Å².